The lowest BCUT2D eigenvalue weighted by Crippen LogP contribution is -2.56. The molecule has 2 N–H and O–H groups in total. The SMILES string of the molecule is COC(=O)CCN(C)S(=O)(=O)N1CCC(N)C(C)(C)C1. The standard InChI is InChI=1S/C12H25N3O4S/c1-12(2)9-15(8-5-10(12)13)20(17,18)14(3)7-6-11(16)19-4/h10H,5-9,13H2,1-4H3. The van der Waals surface area contributed by atoms with E-state index in [4.69, 9.17) is 5.73 Å². The van der Waals surface area contributed by atoms with Gasteiger partial charge >= 0.3 is 5.97 Å². The Kier molecular flexibility index (Phi) is 5.54. The summed E-state index contributed by atoms with van der Waals surface area (Å²) in [4.78, 5) is 11.1. The summed E-state index contributed by atoms with van der Waals surface area (Å²) in [5.41, 5.74) is 5.76. The Morgan fingerprint density at radius 2 is 2.10 bits per heavy atom. The minimum Gasteiger partial charge on any atom is -0.469 e. The van der Waals surface area contributed by atoms with E-state index in [1.165, 1.54) is 22.8 Å². The van der Waals surface area contributed by atoms with E-state index in [2.05, 4.69) is 4.74 Å². The maximum absolute atomic E-state index is 12.4. The van der Waals surface area contributed by atoms with Gasteiger partial charge in [-0.2, -0.15) is 17.0 Å². The van der Waals surface area contributed by atoms with Crippen molar-refractivity contribution in [3.63, 3.8) is 0 Å². The lowest BCUT2D eigenvalue weighted by Gasteiger charge is -2.42. The summed E-state index contributed by atoms with van der Waals surface area (Å²) < 4.78 is 32.0. The molecule has 8 heteroatoms. The van der Waals surface area contributed by atoms with Gasteiger partial charge in [0.15, 0.2) is 0 Å². The zero-order valence-electron chi connectivity index (χ0n) is 12.6. The second-order valence-electron chi connectivity index (χ2n) is 5.87. The van der Waals surface area contributed by atoms with Crippen LogP contribution in [0.25, 0.3) is 0 Å². The van der Waals surface area contributed by atoms with Crippen molar-refractivity contribution in [3.05, 3.63) is 0 Å². The van der Waals surface area contributed by atoms with Crippen LogP contribution < -0.4 is 5.73 Å². The van der Waals surface area contributed by atoms with E-state index in [0.29, 0.717) is 19.5 Å². The molecule has 1 fully saturated rings. The first-order valence-corrected chi connectivity index (χ1v) is 8.05. The predicted octanol–water partition coefficient (Wildman–Crippen LogP) is -0.215. The molecule has 0 amide bonds. The Morgan fingerprint density at radius 1 is 1.50 bits per heavy atom. The average molecular weight is 307 g/mol. The predicted molar refractivity (Wildman–Crippen MR) is 76.1 cm³/mol. The molecule has 1 rings (SSSR count). The number of rotatable bonds is 5. The van der Waals surface area contributed by atoms with E-state index in [-0.39, 0.29) is 24.4 Å². The van der Waals surface area contributed by atoms with E-state index in [9.17, 15) is 13.2 Å². The number of esters is 1. The maximum Gasteiger partial charge on any atom is 0.306 e. The Balaban J connectivity index is 2.71. The summed E-state index contributed by atoms with van der Waals surface area (Å²) in [7, 11) is -0.802. The molecule has 20 heavy (non-hydrogen) atoms. The molecule has 1 aliphatic rings. The van der Waals surface area contributed by atoms with Crippen molar-refractivity contribution < 1.29 is 17.9 Å². The summed E-state index contributed by atoms with van der Waals surface area (Å²) in [5, 5.41) is 0. The fraction of sp³-hybridized carbons (Fsp3) is 0.917. The first kappa shape index (κ1) is 17.4. The van der Waals surface area contributed by atoms with Crippen LogP contribution in [-0.2, 0) is 19.7 Å². The van der Waals surface area contributed by atoms with Crippen molar-refractivity contribution in [1.82, 2.24) is 8.61 Å². The monoisotopic (exact) mass is 307 g/mol. The van der Waals surface area contributed by atoms with Gasteiger partial charge in [-0.05, 0) is 11.8 Å². The van der Waals surface area contributed by atoms with Crippen molar-refractivity contribution in [1.29, 1.82) is 0 Å². The van der Waals surface area contributed by atoms with Gasteiger partial charge in [0.25, 0.3) is 10.2 Å². The molecule has 7 nitrogen and oxygen atoms in total. The van der Waals surface area contributed by atoms with Crippen molar-refractivity contribution in [3.8, 4) is 0 Å². The zero-order valence-corrected chi connectivity index (χ0v) is 13.4. The van der Waals surface area contributed by atoms with Gasteiger partial charge in [0.2, 0.25) is 0 Å². The molecule has 0 aromatic heterocycles. The van der Waals surface area contributed by atoms with Gasteiger partial charge in [-0.3, -0.25) is 4.79 Å². The highest BCUT2D eigenvalue weighted by molar-refractivity contribution is 7.86. The molecule has 0 spiro atoms. The Labute approximate surface area is 121 Å². The number of hydrogen-bond acceptors (Lipinski definition) is 5. The largest absolute Gasteiger partial charge is 0.469 e. The lowest BCUT2D eigenvalue weighted by atomic mass is 9.81. The molecule has 0 aliphatic carbocycles. The molecular weight excluding hydrogens is 282 g/mol. The molecule has 0 saturated carbocycles. The molecule has 0 bridgehead atoms. The van der Waals surface area contributed by atoms with E-state index in [1.54, 1.807) is 0 Å². The second-order valence-corrected chi connectivity index (χ2v) is 7.91. The van der Waals surface area contributed by atoms with Gasteiger partial charge in [-0.25, -0.2) is 0 Å². The lowest BCUT2D eigenvalue weighted by molar-refractivity contribution is -0.140. The van der Waals surface area contributed by atoms with Crippen LogP contribution in [0.2, 0.25) is 0 Å². The number of piperidine rings is 1. The Bertz CT molecular complexity index is 450. The number of hydrogen-bond donors (Lipinski definition) is 1. The maximum atomic E-state index is 12.4. The summed E-state index contributed by atoms with van der Waals surface area (Å²) in [6, 6.07) is -0.00525. The summed E-state index contributed by atoms with van der Waals surface area (Å²) in [6.07, 6.45) is 0.681. The van der Waals surface area contributed by atoms with Gasteiger partial charge < -0.3 is 10.5 Å². The molecular formula is C12H25N3O4S. The Morgan fingerprint density at radius 3 is 2.60 bits per heavy atom. The molecule has 1 heterocycles. The first-order valence-electron chi connectivity index (χ1n) is 6.65. The van der Waals surface area contributed by atoms with Gasteiger partial charge in [-0.15, -0.1) is 0 Å². The van der Waals surface area contributed by atoms with Gasteiger partial charge in [-0.1, -0.05) is 13.8 Å². The number of nitrogens with zero attached hydrogens (tertiary/aromatic N) is 2. The van der Waals surface area contributed by atoms with E-state index in [0.717, 1.165) is 0 Å². The number of ether oxygens (including phenoxy) is 1. The summed E-state index contributed by atoms with van der Waals surface area (Å²) in [5.74, 6) is -0.423. The highest BCUT2D eigenvalue weighted by Crippen LogP contribution is 2.29. The fourth-order valence-corrected chi connectivity index (χ4v) is 3.73. The van der Waals surface area contributed by atoms with Gasteiger partial charge in [0.05, 0.1) is 13.5 Å². The third-order valence-corrected chi connectivity index (χ3v) is 5.79. The zero-order chi connectivity index (χ0) is 15.6. The van der Waals surface area contributed by atoms with Crippen molar-refractivity contribution >= 4 is 16.2 Å². The van der Waals surface area contributed by atoms with E-state index < -0.39 is 16.2 Å². The summed E-state index contributed by atoms with van der Waals surface area (Å²) in [6.45, 7) is 4.84. The second kappa shape index (κ2) is 6.38. The van der Waals surface area contributed by atoms with Crippen LogP contribution in [0.3, 0.4) is 0 Å². The average Bonchev–Trinajstić information content (AvgIpc) is 2.38. The number of nitrogens with two attached hydrogens (primary N) is 1. The van der Waals surface area contributed by atoms with Crippen LogP contribution in [0.4, 0.5) is 0 Å². The van der Waals surface area contributed by atoms with Crippen LogP contribution in [0.5, 0.6) is 0 Å². The number of carbonyl (C=O) groups is 1. The number of methoxy groups -OCH3 is 1. The van der Waals surface area contributed by atoms with Crippen LogP contribution in [-0.4, -0.2) is 62.8 Å². The van der Waals surface area contributed by atoms with Crippen LogP contribution >= 0.6 is 0 Å². The molecule has 1 saturated heterocycles. The topological polar surface area (TPSA) is 92.9 Å². The minimum atomic E-state index is -3.56. The van der Waals surface area contributed by atoms with Crippen LogP contribution in [0, 0.1) is 5.41 Å². The minimum absolute atomic E-state index is 0.00525. The highest BCUT2D eigenvalue weighted by Gasteiger charge is 2.39. The third kappa shape index (κ3) is 3.91. The number of carbonyl (C=O) groups excluding carboxylic acids is 1. The van der Waals surface area contributed by atoms with Crippen LogP contribution in [0.15, 0.2) is 0 Å². The normalized spacial score (nSPS) is 23.8. The Hall–Kier alpha value is -0.700. The molecule has 0 radical (unpaired) electrons. The molecule has 0 aromatic rings. The van der Waals surface area contributed by atoms with Gasteiger partial charge in [0.1, 0.15) is 0 Å². The van der Waals surface area contributed by atoms with E-state index >= 15 is 0 Å². The summed E-state index contributed by atoms with van der Waals surface area (Å²) >= 11 is 0. The quantitative estimate of drug-likeness (QED) is 0.709. The molecule has 1 atom stereocenters. The highest BCUT2D eigenvalue weighted by atomic mass is 32.2. The molecule has 1 unspecified atom stereocenters. The first-order chi connectivity index (χ1) is 9.11. The molecule has 1 aliphatic heterocycles. The fourth-order valence-electron chi connectivity index (χ4n) is 2.18. The molecule has 118 valence electrons. The van der Waals surface area contributed by atoms with E-state index in [1.807, 2.05) is 13.8 Å². The van der Waals surface area contributed by atoms with Crippen molar-refractivity contribution in [2.24, 2.45) is 11.1 Å². The molecule has 0 aromatic carbocycles. The van der Waals surface area contributed by atoms with Crippen LogP contribution in [0.1, 0.15) is 26.7 Å². The van der Waals surface area contributed by atoms with Crippen molar-refractivity contribution in [2.75, 3.05) is 33.8 Å². The van der Waals surface area contributed by atoms with Gasteiger partial charge in [0, 0.05) is 32.7 Å². The third-order valence-electron chi connectivity index (χ3n) is 3.86. The van der Waals surface area contributed by atoms with Crippen molar-refractivity contribution in [2.45, 2.75) is 32.7 Å². The smallest absolute Gasteiger partial charge is 0.306 e.